The van der Waals surface area contributed by atoms with Gasteiger partial charge in [-0.05, 0) is 81.7 Å². The Hall–Kier alpha value is -4.34. The number of hydrogen-bond donors (Lipinski definition) is 2. The van der Waals surface area contributed by atoms with Crippen molar-refractivity contribution in [1.29, 1.82) is 0 Å². The minimum absolute atomic E-state index is 0. The van der Waals surface area contributed by atoms with Gasteiger partial charge in [-0.3, -0.25) is 9.59 Å². The van der Waals surface area contributed by atoms with Gasteiger partial charge in [0.2, 0.25) is 4.96 Å². The number of allylic oxidation sites excluding steroid dienone is 4. The molecular formula is C34H37FeN4O6+. The van der Waals surface area contributed by atoms with E-state index in [-0.39, 0.29) is 29.9 Å². The first kappa shape index (κ1) is 35.1. The fourth-order valence-electron chi connectivity index (χ4n) is 6.06. The molecule has 3 N–H and O–H groups in total. The smallest absolute Gasteiger partial charge is 0.657 e. The van der Waals surface area contributed by atoms with E-state index in [2.05, 4.69) is 33.8 Å². The van der Waals surface area contributed by atoms with Crippen molar-refractivity contribution >= 4 is 56.3 Å². The van der Waals surface area contributed by atoms with Crippen LogP contribution in [0.5, 0.6) is 0 Å². The molecule has 0 saturated heterocycles. The largest absolute Gasteiger partial charge is 2.00 e. The van der Waals surface area contributed by atoms with E-state index in [1.807, 2.05) is 32.0 Å². The minimum Gasteiger partial charge on any atom is -0.657 e. The average molecular weight is 654 g/mol. The van der Waals surface area contributed by atoms with Crippen LogP contribution in [-0.4, -0.2) is 37.1 Å². The zero-order valence-electron chi connectivity index (χ0n) is 26.3. The van der Waals surface area contributed by atoms with Gasteiger partial charge in [-0.25, -0.2) is 9.97 Å². The summed E-state index contributed by atoms with van der Waals surface area (Å²) in [7, 11) is 0. The van der Waals surface area contributed by atoms with Crippen LogP contribution >= 0.6 is 0 Å². The second kappa shape index (κ2) is 14.6. The standard InChI is InChI=1S/C34H38N4O4.Fe.O2/c1-7-21-17(3)25-13-26-19(5)23(9-11-33(39)40)31(37-26)16-32-24(10-12-34(41)42)20(6)28(38-32)15-30-22(8-2)18(4)27(36-30)14-29(21)35-25;;1-2/h13-16H,7-12H2,1-6H3,(H4,35,36,37,38,39,40,41,42);;/q;+2;/p-1. The SMILES string of the molecule is CCC1=C(C)c2cc3[n-]c(cc4[n-]c(cc5nc(cc1n2)C(C)=C5CC)c(C)c4CCC(=O)O)c(CCC(=O)O)c3C.O=[OH+].[Fe+2]. The molecule has 45 heavy (non-hydrogen) atoms. The summed E-state index contributed by atoms with van der Waals surface area (Å²) in [5, 5.41) is 18.9. The van der Waals surface area contributed by atoms with Crippen LogP contribution in [-0.2, 0) is 39.5 Å². The van der Waals surface area contributed by atoms with E-state index < -0.39 is 11.9 Å². The molecule has 0 atom stereocenters. The van der Waals surface area contributed by atoms with Crippen molar-refractivity contribution in [2.24, 2.45) is 0 Å². The fourth-order valence-corrected chi connectivity index (χ4v) is 6.06. The normalized spacial score (nSPS) is 12.5. The van der Waals surface area contributed by atoms with E-state index in [1.165, 1.54) is 5.57 Å². The van der Waals surface area contributed by atoms with Crippen molar-refractivity contribution in [3.05, 3.63) is 74.3 Å². The number of carbonyl (C=O) groups is 2. The molecule has 0 aromatic carbocycles. The van der Waals surface area contributed by atoms with Crippen molar-refractivity contribution < 1.29 is 41.8 Å². The van der Waals surface area contributed by atoms with Gasteiger partial charge >= 0.3 is 29.0 Å². The molecule has 0 unspecified atom stereocenters. The van der Waals surface area contributed by atoms with Crippen LogP contribution in [0.25, 0.3) is 44.4 Å². The van der Waals surface area contributed by atoms with E-state index in [4.69, 9.17) is 29.9 Å². The molecule has 2 aliphatic rings. The van der Waals surface area contributed by atoms with Gasteiger partial charge in [-0.15, -0.1) is 22.1 Å². The van der Waals surface area contributed by atoms with Crippen molar-refractivity contribution in [3.63, 3.8) is 0 Å². The molecule has 5 rings (SSSR count). The summed E-state index contributed by atoms with van der Waals surface area (Å²) in [5.41, 5.74) is 14.3. The van der Waals surface area contributed by atoms with Crippen LogP contribution in [0.2, 0.25) is 0 Å². The number of carboxylic acid groups (broad SMARTS) is 2. The maximum atomic E-state index is 11.5. The zero-order chi connectivity index (χ0) is 32.3. The Kier molecular flexibility index (Phi) is 11.4. The van der Waals surface area contributed by atoms with E-state index in [0.717, 1.165) is 85.6 Å². The molecule has 5 heterocycles. The Bertz CT molecular complexity index is 1880. The van der Waals surface area contributed by atoms with Crippen LogP contribution in [0.4, 0.5) is 0 Å². The first-order valence-electron chi connectivity index (χ1n) is 14.7. The number of nitrogens with zero attached hydrogens (tertiary/aromatic N) is 4. The van der Waals surface area contributed by atoms with E-state index >= 15 is 0 Å². The molecule has 8 bridgehead atoms. The number of aryl methyl sites for hydroxylation is 4. The zero-order valence-corrected chi connectivity index (χ0v) is 27.4. The van der Waals surface area contributed by atoms with Gasteiger partial charge in [0.1, 0.15) is 0 Å². The van der Waals surface area contributed by atoms with Gasteiger partial charge < -0.3 is 20.2 Å². The first-order chi connectivity index (χ1) is 21.0. The molecule has 0 aliphatic carbocycles. The number of fused-ring (bicyclic) bond motifs is 8. The van der Waals surface area contributed by atoms with Gasteiger partial charge in [-0.1, -0.05) is 54.3 Å². The number of rotatable bonds is 8. The molecule has 10 nitrogen and oxygen atoms in total. The summed E-state index contributed by atoms with van der Waals surface area (Å²) in [6.07, 6.45) is 2.23. The summed E-state index contributed by atoms with van der Waals surface area (Å²) in [5.74, 6) is -1.76. The predicted octanol–water partition coefficient (Wildman–Crippen LogP) is 6.76. The Balaban J connectivity index is 0.00000180. The van der Waals surface area contributed by atoms with E-state index in [0.29, 0.717) is 23.9 Å². The maximum Gasteiger partial charge on any atom is 2.00 e. The van der Waals surface area contributed by atoms with Gasteiger partial charge in [0, 0.05) is 17.8 Å². The molecule has 0 amide bonds. The third-order valence-electron chi connectivity index (χ3n) is 8.53. The van der Waals surface area contributed by atoms with Gasteiger partial charge in [0.15, 0.2) is 0 Å². The number of carboxylic acids is 2. The molecule has 3 aromatic heterocycles. The second-order valence-electron chi connectivity index (χ2n) is 11.0. The van der Waals surface area contributed by atoms with Crippen molar-refractivity contribution in [2.45, 2.75) is 80.1 Å². The van der Waals surface area contributed by atoms with E-state index in [1.54, 1.807) is 0 Å². The van der Waals surface area contributed by atoms with Gasteiger partial charge in [0.25, 0.3) is 0 Å². The van der Waals surface area contributed by atoms with Crippen molar-refractivity contribution in [2.75, 3.05) is 0 Å². The Labute approximate surface area is 271 Å². The number of hydrogen-bond acceptors (Lipinski definition) is 5. The summed E-state index contributed by atoms with van der Waals surface area (Å²) in [6, 6.07) is 7.93. The molecule has 0 radical (unpaired) electrons. The number of aromatic nitrogens is 4. The topological polar surface area (TPSA) is 167 Å². The predicted molar refractivity (Wildman–Crippen MR) is 171 cm³/mol. The van der Waals surface area contributed by atoms with Crippen molar-refractivity contribution in [1.82, 2.24) is 19.9 Å². The molecule has 3 aromatic rings. The Morgan fingerprint density at radius 3 is 1.42 bits per heavy atom. The number of aliphatic carboxylic acids is 2. The molecular weight excluding hydrogens is 616 g/mol. The molecule has 236 valence electrons. The summed E-state index contributed by atoms with van der Waals surface area (Å²) >= 11 is 0. The van der Waals surface area contributed by atoms with Crippen LogP contribution in [0, 0.1) is 18.8 Å². The molecule has 11 heteroatoms. The van der Waals surface area contributed by atoms with E-state index in [9.17, 15) is 19.8 Å². The second-order valence-corrected chi connectivity index (χ2v) is 11.0. The third kappa shape index (κ3) is 7.00. The molecule has 0 fully saturated rings. The van der Waals surface area contributed by atoms with Crippen LogP contribution in [0.15, 0.2) is 24.3 Å². The summed E-state index contributed by atoms with van der Waals surface area (Å²) in [4.78, 5) is 56.1. The quantitative estimate of drug-likeness (QED) is 0.197. The van der Waals surface area contributed by atoms with Crippen LogP contribution < -0.4 is 9.97 Å². The third-order valence-corrected chi connectivity index (χ3v) is 8.53. The van der Waals surface area contributed by atoms with Gasteiger partial charge in [-0.2, -0.15) is 0 Å². The first-order valence-corrected chi connectivity index (χ1v) is 14.7. The summed E-state index contributed by atoms with van der Waals surface area (Å²) < 4.78 is 0. The minimum atomic E-state index is -0.878. The van der Waals surface area contributed by atoms with Crippen LogP contribution in [0.1, 0.15) is 98.4 Å². The molecule has 2 aliphatic heterocycles. The van der Waals surface area contributed by atoms with Crippen molar-refractivity contribution in [3.8, 4) is 0 Å². The van der Waals surface area contributed by atoms with Gasteiger partial charge in [0.05, 0.1) is 22.8 Å². The Morgan fingerprint density at radius 1 is 0.644 bits per heavy atom. The average Bonchev–Trinajstić information content (AvgIpc) is 3.64. The molecule has 0 saturated carbocycles. The molecule has 0 spiro atoms. The maximum absolute atomic E-state index is 11.5. The van der Waals surface area contributed by atoms with Crippen LogP contribution in [0.3, 0.4) is 0 Å². The Morgan fingerprint density at radius 2 is 1.02 bits per heavy atom. The monoisotopic (exact) mass is 653 g/mol. The summed E-state index contributed by atoms with van der Waals surface area (Å²) in [6.45, 7) is 12.3. The fraction of sp³-hybridized carbons (Fsp3) is 0.353.